The van der Waals surface area contributed by atoms with Crippen LogP contribution in [0.15, 0.2) is 11.1 Å². The number of aromatic amines is 1. The van der Waals surface area contributed by atoms with Gasteiger partial charge in [-0.25, -0.2) is 9.50 Å². The molecule has 15 heavy (non-hydrogen) atoms. The Labute approximate surface area is 86.2 Å². The number of rotatable bonds is 1. The number of fused-ring (bicyclic) bond motifs is 1. The molecule has 0 amide bonds. The van der Waals surface area contributed by atoms with Crippen molar-refractivity contribution in [2.75, 3.05) is 0 Å². The first kappa shape index (κ1) is 8.64. The predicted octanol–water partition coefficient (Wildman–Crippen LogP) is 0.994. The number of aryl methyl sites for hydroxylation is 1. The third-order valence-electron chi connectivity index (χ3n) is 3.11. The maximum absolute atomic E-state index is 11.6. The van der Waals surface area contributed by atoms with Gasteiger partial charge in [-0.3, -0.25) is 4.79 Å². The molecule has 1 N–H and O–H groups in total. The lowest BCUT2D eigenvalue weighted by Gasteiger charge is -2.23. The summed E-state index contributed by atoms with van der Waals surface area (Å²) >= 11 is 0. The van der Waals surface area contributed by atoms with Crippen LogP contribution in [-0.2, 0) is 0 Å². The van der Waals surface area contributed by atoms with Crippen LogP contribution >= 0.6 is 0 Å². The maximum Gasteiger partial charge on any atom is 0.277 e. The molecule has 1 aliphatic carbocycles. The lowest BCUT2D eigenvalue weighted by Crippen LogP contribution is -2.16. The topological polar surface area (TPSA) is 63.1 Å². The zero-order chi connectivity index (χ0) is 10.4. The Morgan fingerprint density at radius 3 is 3.00 bits per heavy atom. The van der Waals surface area contributed by atoms with E-state index in [1.54, 1.807) is 4.52 Å². The van der Waals surface area contributed by atoms with E-state index >= 15 is 0 Å². The van der Waals surface area contributed by atoms with Crippen LogP contribution in [0.1, 0.15) is 36.7 Å². The van der Waals surface area contributed by atoms with Gasteiger partial charge in [-0.15, -0.1) is 0 Å². The van der Waals surface area contributed by atoms with E-state index in [1.165, 1.54) is 12.7 Å². The molecule has 1 aliphatic rings. The fourth-order valence-electron chi connectivity index (χ4n) is 2.06. The molecule has 78 valence electrons. The molecule has 0 aliphatic heterocycles. The van der Waals surface area contributed by atoms with Crippen LogP contribution in [0.25, 0.3) is 5.52 Å². The number of imidazole rings is 1. The maximum atomic E-state index is 11.6. The molecule has 0 bridgehead atoms. The highest BCUT2D eigenvalue weighted by Gasteiger charge is 2.25. The Kier molecular flexibility index (Phi) is 1.68. The highest BCUT2D eigenvalue weighted by Crippen LogP contribution is 2.35. The van der Waals surface area contributed by atoms with Crippen LogP contribution in [0.5, 0.6) is 0 Å². The lowest BCUT2D eigenvalue weighted by molar-refractivity contribution is 0.395. The normalized spacial score (nSPS) is 16.9. The zero-order valence-corrected chi connectivity index (χ0v) is 8.53. The summed E-state index contributed by atoms with van der Waals surface area (Å²) in [6, 6.07) is 0. The van der Waals surface area contributed by atoms with E-state index in [-0.39, 0.29) is 5.56 Å². The van der Waals surface area contributed by atoms with Gasteiger partial charge >= 0.3 is 0 Å². The molecule has 2 aromatic rings. The van der Waals surface area contributed by atoms with E-state index in [0.717, 1.165) is 24.4 Å². The lowest BCUT2D eigenvalue weighted by atomic mass is 9.85. The summed E-state index contributed by atoms with van der Waals surface area (Å²) in [6.07, 6.45) is 5.00. The molecule has 0 saturated heterocycles. The van der Waals surface area contributed by atoms with Crippen molar-refractivity contribution in [3.05, 3.63) is 28.2 Å². The van der Waals surface area contributed by atoms with E-state index in [4.69, 9.17) is 0 Å². The SMILES string of the molecule is Cc1nc(C2CCC2)n2nc[nH]c(=O)c12. The van der Waals surface area contributed by atoms with Gasteiger partial charge in [0, 0.05) is 5.92 Å². The van der Waals surface area contributed by atoms with Crippen molar-refractivity contribution < 1.29 is 0 Å². The van der Waals surface area contributed by atoms with Crippen molar-refractivity contribution in [3.63, 3.8) is 0 Å². The zero-order valence-electron chi connectivity index (χ0n) is 8.53. The number of hydrogen-bond acceptors (Lipinski definition) is 3. The molecule has 2 heterocycles. The van der Waals surface area contributed by atoms with E-state index in [0.29, 0.717) is 11.4 Å². The van der Waals surface area contributed by atoms with Gasteiger partial charge in [0.1, 0.15) is 12.2 Å². The van der Waals surface area contributed by atoms with Crippen LogP contribution in [-0.4, -0.2) is 19.6 Å². The molecule has 0 spiro atoms. The minimum absolute atomic E-state index is 0.111. The summed E-state index contributed by atoms with van der Waals surface area (Å²) in [5.74, 6) is 1.43. The van der Waals surface area contributed by atoms with Crippen molar-refractivity contribution in [1.29, 1.82) is 0 Å². The summed E-state index contributed by atoms with van der Waals surface area (Å²) in [6.45, 7) is 1.86. The van der Waals surface area contributed by atoms with Gasteiger partial charge in [0.2, 0.25) is 0 Å². The largest absolute Gasteiger partial charge is 0.310 e. The van der Waals surface area contributed by atoms with Crippen LogP contribution < -0.4 is 5.56 Å². The summed E-state index contributed by atoms with van der Waals surface area (Å²) in [5, 5.41) is 4.16. The van der Waals surface area contributed by atoms with Gasteiger partial charge in [-0.05, 0) is 19.8 Å². The van der Waals surface area contributed by atoms with Gasteiger partial charge < -0.3 is 4.98 Å². The molecule has 1 saturated carbocycles. The van der Waals surface area contributed by atoms with Crippen molar-refractivity contribution in [2.45, 2.75) is 32.1 Å². The number of nitrogens with one attached hydrogen (secondary N) is 1. The minimum atomic E-state index is -0.111. The molecule has 0 radical (unpaired) electrons. The number of H-pyrrole nitrogens is 1. The number of aromatic nitrogens is 4. The third kappa shape index (κ3) is 1.12. The molecule has 0 aromatic carbocycles. The first-order valence-corrected chi connectivity index (χ1v) is 5.20. The van der Waals surface area contributed by atoms with E-state index in [2.05, 4.69) is 15.1 Å². The second-order valence-corrected chi connectivity index (χ2v) is 4.06. The van der Waals surface area contributed by atoms with E-state index < -0.39 is 0 Å². The monoisotopic (exact) mass is 204 g/mol. The smallest absolute Gasteiger partial charge is 0.277 e. The fraction of sp³-hybridized carbons (Fsp3) is 0.500. The molecule has 0 unspecified atom stereocenters. The third-order valence-corrected chi connectivity index (χ3v) is 3.11. The number of nitrogens with zero attached hydrogens (tertiary/aromatic N) is 3. The van der Waals surface area contributed by atoms with Crippen LogP contribution in [0, 0.1) is 6.92 Å². The Bertz CT molecular complexity index is 564. The highest BCUT2D eigenvalue weighted by atomic mass is 16.1. The van der Waals surface area contributed by atoms with Gasteiger partial charge in [-0.2, -0.15) is 5.10 Å². The predicted molar refractivity (Wildman–Crippen MR) is 54.9 cm³/mol. The Morgan fingerprint density at radius 2 is 2.33 bits per heavy atom. The molecule has 1 fully saturated rings. The fourth-order valence-corrected chi connectivity index (χ4v) is 2.06. The van der Waals surface area contributed by atoms with Crippen molar-refractivity contribution in [3.8, 4) is 0 Å². The van der Waals surface area contributed by atoms with Gasteiger partial charge in [0.15, 0.2) is 5.52 Å². The Balaban J connectivity index is 2.32. The van der Waals surface area contributed by atoms with Crippen molar-refractivity contribution >= 4 is 5.52 Å². The first-order chi connectivity index (χ1) is 7.27. The molecule has 5 heteroatoms. The Morgan fingerprint density at radius 1 is 1.53 bits per heavy atom. The first-order valence-electron chi connectivity index (χ1n) is 5.20. The van der Waals surface area contributed by atoms with Crippen LogP contribution in [0.3, 0.4) is 0 Å². The summed E-state index contributed by atoms with van der Waals surface area (Å²) in [5.41, 5.74) is 1.24. The van der Waals surface area contributed by atoms with Gasteiger partial charge in [0.25, 0.3) is 5.56 Å². The van der Waals surface area contributed by atoms with Crippen LogP contribution in [0.4, 0.5) is 0 Å². The molecule has 0 atom stereocenters. The summed E-state index contributed by atoms with van der Waals surface area (Å²) in [4.78, 5) is 18.6. The second kappa shape index (κ2) is 2.92. The minimum Gasteiger partial charge on any atom is -0.310 e. The van der Waals surface area contributed by atoms with Crippen molar-refractivity contribution in [2.24, 2.45) is 0 Å². The standard InChI is InChI=1S/C10H12N4O/c1-6-8-10(15)11-5-12-14(8)9(13-6)7-3-2-4-7/h5,7H,2-4H2,1H3,(H,11,12,15). The summed E-state index contributed by atoms with van der Waals surface area (Å²) < 4.78 is 1.69. The Hall–Kier alpha value is -1.65. The van der Waals surface area contributed by atoms with Gasteiger partial charge in [-0.1, -0.05) is 6.42 Å². The highest BCUT2D eigenvalue weighted by molar-refractivity contribution is 5.49. The summed E-state index contributed by atoms with van der Waals surface area (Å²) in [7, 11) is 0. The second-order valence-electron chi connectivity index (χ2n) is 4.06. The average Bonchev–Trinajstić information content (AvgIpc) is 2.43. The molecular formula is C10H12N4O. The van der Waals surface area contributed by atoms with E-state index in [9.17, 15) is 4.79 Å². The average molecular weight is 204 g/mol. The van der Waals surface area contributed by atoms with Crippen LogP contribution in [0.2, 0.25) is 0 Å². The quantitative estimate of drug-likeness (QED) is 0.753. The van der Waals surface area contributed by atoms with Gasteiger partial charge in [0.05, 0.1) is 5.69 Å². The number of hydrogen-bond donors (Lipinski definition) is 1. The molecular weight excluding hydrogens is 192 g/mol. The molecule has 5 nitrogen and oxygen atoms in total. The van der Waals surface area contributed by atoms with Crippen molar-refractivity contribution in [1.82, 2.24) is 19.6 Å². The van der Waals surface area contributed by atoms with E-state index in [1.807, 2.05) is 6.92 Å². The molecule has 2 aromatic heterocycles. The molecule has 3 rings (SSSR count).